The first kappa shape index (κ1) is 15.5. The van der Waals surface area contributed by atoms with Crippen molar-refractivity contribution in [3.63, 3.8) is 0 Å². The molecular formula is C16H22N6O. The van der Waals surface area contributed by atoms with Crippen LogP contribution in [0.5, 0.6) is 0 Å². The van der Waals surface area contributed by atoms with E-state index in [1.807, 2.05) is 25.1 Å². The first-order valence-corrected chi connectivity index (χ1v) is 7.94. The fourth-order valence-electron chi connectivity index (χ4n) is 2.96. The zero-order chi connectivity index (χ0) is 16.4. The molecule has 7 nitrogen and oxygen atoms in total. The molecule has 3 heterocycles. The summed E-state index contributed by atoms with van der Waals surface area (Å²) in [4.78, 5) is 18.8. The number of rotatable bonds is 4. The van der Waals surface area contributed by atoms with Gasteiger partial charge in [0, 0.05) is 45.7 Å². The number of aromatic nitrogens is 4. The average Bonchev–Trinajstić information content (AvgIpc) is 2.97. The molecule has 1 aliphatic rings. The second kappa shape index (κ2) is 6.36. The van der Waals surface area contributed by atoms with Crippen LogP contribution in [0.4, 0.5) is 5.82 Å². The summed E-state index contributed by atoms with van der Waals surface area (Å²) < 4.78 is 2.13. The van der Waals surface area contributed by atoms with Gasteiger partial charge in [0.15, 0.2) is 0 Å². The van der Waals surface area contributed by atoms with Gasteiger partial charge in [-0.3, -0.25) is 4.79 Å². The van der Waals surface area contributed by atoms with Crippen LogP contribution in [0.15, 0.2) is 18.3 Å². The van der Waals surface area contributed by atoms with Crippen LogP contribution >= 0.6 is 0 Å². The van der Waals surface area contributed by atoms with Gasteiger partial charge in [-0.15, -0.1) is 10.2 Å². The number of carbonyl (C=O) groups excluding carboxylic acids is 1. The minimum atomic E-state index is -0.0821. The summed E-state index contributed by atoms with van der Waals surface area (Å²) in [6.07, 6.45) is 4.27. The van der Waals surface area contributed by atoms with Crippen molar-refractivity contribution >= 4 is 11.7 Å². The molecule has 0 aromatic carbocycles. The normalized spacial score (nSPS) is 16.7. The van der Waals surface area contributed by atoms with E-state index in [4.69, 9.17) is 0 Å². The van der Waals surface area contributed by atoms with E-state index in [1.165, 1.54) is 0 Å². The summed E-state index contributed by atoms with van der Waals surface area (Å²) >= 11 is 0. The van der Waals surface area contributed by atoms with Crippen molar-refractivity contribution in [2.24, 2.45) is 0 Å². The van der Waals surface area contributed by atoms with Crippen LogP contribution in [0.25, 0.3) is 0 Å². The average molecular weight is 314 g/mol. The molecule has 23 heavy (non-hydrogen) atoms. The van der Waals surface area contributed by atoms with Crippen molar-refractivity contribution in [3.8, 4) is 0 Å². The highest BCUT2D eigenvalue weighted by Crippen LogP contribution is 2.18. The Hall–Kier alpha value is -2.44. The fourth-order valence-corrected chi connectivity index (χ4v) is 2.96. The molecule has 2 aromatic rings. The van der Waals surface area contributed by atoms with Crippen molar-refractivity contribution in [3.05, 3.63) is 35.5 Å². The topological polar surface area (TPSA) is 75.9 Å². The van der Waals surface area contributed by atoms with E-state index < -0.39 is 0 Å². The molecule has 1 amide bonds. The van der Waals surface area contributed by atoms with Crippen molar-refractivity contribution in [1.82, 2.24) is 25.1 Å². The van der Waals surface area contributed by atoms with Crippen LogP contribution in [0, 0.1) is 0 Å². The van der Waals surface area contributed by atoms with Crippen LogP contribution in [0.2, 0.25) is 0 Å². The van der Waals surface area contributed by atoms with Gasteiger partial charge in [-0.2, -0.15) is 0 Å². The molecule has 0 bridgehead atoms. The second-order valence-electron chi connectivity index (χ2n) is 5.97. The van der Waals surface area contributed by atoms with Gasteiger partial charge in [-0.1, -0.05) is 6.92 Å². The van der Waals surface area contributed by atoms with E-state index in [-0.39, 0.29) is 11.9 Å². The van der Waals surface area contributed by atoms with Crippen LogP contribution in [-0.4, -0.2) is 45.8 Å². The predicted octanol–water partition coefficient (Wildman–Crippen LogP) is 1.05. The summed E-state index contributed by atoms with van der Waals surface area (Å²) in [7, 11) is 3.77. The lowest BCUT2D eigenvalue weighted by Crippen LogP contribution is -2.41. The van der Waals surface area contributed by atoms with Gasteiger partial charge >= 0.3 is 0 Å². The van der Waals surface area contributed by atoms with E-state index in [9.17, 15) is 4.79 Å². The molecule has 1 aliphatic heterocycles. The quantitative estimate of drug-likeness (QED) is 0.913. The van der Waals surface area contributed by atoms with Gasteiger partial charge in [0.25, 0.3) is 5.91 Å². The molecule has 0 unspecified atom stereocenters. The fraction of sp³-hybridized carbons (Fsp3) is 0.500. The van der Waals surface area contributed by atoms with Gasteiger partial charge in [0.05, 0.1) is 5.56 Å². The molecule has 0 aliphatic carbocycles. The molecule has 0 fully saturated rings. The van der Waals surface area contributed by atoms with Gasteiger partial charge in [-0.05, 0) is 18.6 Å². The lowest BCUT2D eigenvalue weighted by Gasteiger charge is -2.26. The molecule has 1 atom stereocenters. The van der Waals surface area contributed by atoms with E-state index in [0.29, 0.717) is 11.4 Å². The number of nitrogens with one attached hydrogen (secondary N) is 1. The summed E-state index contributed by atoms with van der Waals surface area (Å²) in [5.74, 6) is 2.60. The summed E-state index contributed by atoms with van der Waals surface area (Å²) in [6, 6.07) is 3.68. The summed E-state index contributed by atoms with van der Waals surface area (Å²) in [6.45, 7) is 2.80. The highest BCUT2D eigenvalue weighted by Gasteiger charge is 2.24. The molecule has 2 aromatic heterocycles. The lowest BCUT2D eigenvalue weighted by molar-refractivity contribution is 0.0927. The minimum Gasteiger partial charge on any atom is -0.362 e. The van der Waals surface area contributed by atoms with Crippen LogP contribution in [0.1, 0.15) is 35.4 Å². The highest BCUT2D eigenvalue weighted by atomic mass is 16.1. The summed E-state index contributed by atoms with van der Waals surface area (Å²) in [5, 5.41) is 11.6. The molecule has 122 valence electrons. The van der Waals surface area contributed by atoms with Gasteiger partial charge in [0.2, 0.25) is 0 Å². The summed E-state index contributed by atoms with van der Waals surface area (Å²) in [5.41, 5.74) is 0.600. The number of aryl methyl sites for hydroxylation is 2. The number of hydrogen-bond donors (Lipinski definition) is 1. The Morgan fingerprint density at radius 1 is 1.43 bits per heavy atom. The smallest absolute Gasteiger partial charge is 0.255 e. The van der Waals surface area contributed by atoms with E-state index >= 15 is 0 Å². The first-order valence-electron chi connectivity index (χ1n) is 7.94. The Kier molecular flexibility index (Phi) is 4.27. The maximum absolute atomic E-state index is 12.6. The molecule has 1 N–H and O–H groups in total. The Morgan fingerprint density at radius 3 is 3.00 bits per heavy atom. The Bertz CT molecular complexity index is 695. The monoisotopic (exact) mass is 314 g/mol. The second-order valence-corrected chi connectivity index (χ2v) is 5.97. The number of anilines is 1. The van der Waals surface area contributed by atoms with E-state index in [0.717, 1.165) is 37.5 Å². The molecule has 0 saturated heterocycles. The number of nitrogens with zero attached hydrogens (tertiary/aromatic N) is 5. The maximum atomic E-state index is 12.6. The van der Waals surface area contributed by atoms with Crippen molar-refractivity contribution in [1.29, 1.82) is 0 Å². The Morgan fingerprint density at radius 2 is 2.26 bits per heavy atom. The number of pyridine rings is 1. The van der Waals surface area contributed by atoms with Crippen molar-refractivity contribution in [2.75, 3.05) is 19.0 Å². The van der Waals surface area contributed by atoms with Gasteiger partial charge < -0.3 is 14.8 Å². The third-order valence-corrected chi connectivity index (χ3v) is 4.13. The minimum absolute atomic E-state index is 0.0821. The molecule has 0 radical (unpaired) electrons. The lowest BCUT2D eigenvalue weighted by atomic mass is 10.1. The van der Waals surface area contributed by atoms with Crippen molar-refractivity contribution < 1.29 is 4.79 Å². The number of carbonyl (C=O) groups is 1. The van der Waals surface area contributed by atoms with Gasteiger partial charge in [-0.25, -0.2) is 4.98 Å². The molecule has 3 rings (SSSR count). The predicted molar refractivity (Wildman–Crippen MR) is 87.5 cm³/mol. The first-order chi connectivity index (χ1) is 11.1. The number of fused-ring (bicyclic) bond motifs is 1. The standard InChI is InChI=1S/C16H22N6O/c1-4-13-19-20-14-8-7-11(10-22(13)14)18-16(23)12-6-5-9-17-15(12)21(2)3/h5-6,9,11H,4,7-8,10H2,1-3H3,(H,18,23)/t11-/m1/s1. The zero-order valence-electron chi connectivity index (χ0n) is 13.8. The SMILES string of the molecule is CCc1nnc2n1C[C@H](NC(=O)c1cccnc1N(C)C)CC2. The zero-order valence-corrected chi connectivity index (χ0v) is 13.8. The molecule has 0 saturated carbocycles. The van der Waals surface area contributed by atoms with Crippen LogP contribution < -0.4 is 10.2 Å². The third-order valence-electron chi connectivity index (χ3n) is 4.13. The van der Waals surface area contributed by atoms with Crippen molar-refractivity contribution in [2.45, 2.75) is 38.8 Å². The number of amides is 1. The maximum Gasteiger partial charge on any atom is 0.255 e. The number of hydrogen-bond acceptors (Lipinski definition) is 5. The molecule has 7 heteroatoms. The van der Waals surface area contributed by atoms with Gasteiger partial charge in [0.1, 0.15) is 17.5 Å². The Labute approximate surface area is 135 Å². The Balaban J connectivity index is 1.75. The third kappa shape index (κ3) is 3.04. The van der Waals surface area contributed by atoms with E-state index in [1.54, 1.807) is 12.3 Å². The molecular weight excluding hydrogens is 292 g/mol. The van der Waals surface area contributed by atoms with Crippen LogP contribution in [-0.2, 0) is 19.4 Å². The highest BCUT2D eigenvalue weighted by molar-refractivity contribution is 5.99. The van der Waals surface area contributed by atoms with E-state index in [2.05, 4.69) is 32.0 Å². The van der Waals surface area contributed by atoms with Crippen LogP contribution in [0.3, 0.4) is 0 Å². The largest absolute Gasteiger partial charge is 0.362 e. The molecule has 0 spiro atoms.